The molecule has 1 aromatic carbocycles. The Morgan fingerprint density at radius 3 is 2.45 bits per heavy atom. The molecule has 4 aliphatic rings. The third-order valence-corrected chi connectivity index (χ3v) is 11.4. The number of benzene rings is 1. The minimum absolute atomic E-state index is 0.00224. The second kappa shape index (κ2) is 14.6. The summed E-state index contributed by atoms with van der Waals surface area (Å²) in [7, 11) is 2.94. The molecular weight excluding hydrogens is 711 g/mol. The van der Waals surface area contributed by atoms with Gasteiger partial charge in [0.05, 0.1) is 42.0 Å². The Kier molecular flexibility index (Phi) is 10.2. The highest BCUT2D eigenvalue weighted by molar-refractivity contribution is 6.35. The van der Waals surface area contributed by atoms with E-state index in [-0.39, 0.29) is 60.8 Å². The summed E-state index contributed by atoms with van der Waals surface area (Å²) < 4.78 is 54.5. The number of carbonyl (C=O) groups is 1. The van der Waals surface area contributed by atoms with E-state index in [0.29, 0.717) is 42.4 Å². The first-order valence-electron chi connectivity index (χ1n) is 17.8. The van der Waals surface area contributed by atoms with Crippen LogP contribution in [0.2, 0.25) is 5.02 Å². The van der Waals surface area contributed by atoms with E-state index in [0.717, 1.165) is 34.8 Å². The number of nitrogens with zero attached hydrogens (tertiary/aromatic N) is 3. The van der Waals surface area contributed by atoms with Crippen molar-refractivity contribution in [2.24, 2.45) is 17.8 Å². The van der Waals surface area contributed by atoms with E-state index < -0.39 is 29.2 Å². The van der Waals surface area contributed by atoms with Crippen LogP contribution in [0.5, 0.6) is 11.8 Å². The van der Waals surface area contributed by atoms with Gasteiger partial charge in [0, 0.05) is 60.9 Å². The fourth-order valence-electron chi connectivity index (χ4n) is 8.23. The number of allylic oxidation sites excluding steroid dienone is 3. The predicted octanol–water partition coefficient (Wildman–Crippen LogP) is 6.81. The summed E-state index contributed by atoms with van der Waals surface area (Å²) in [6, 6.07) is 10.6. The van der Waals surface area contributed by atoms with Gasteiger partial charge in [-0.25, -0.2) is 4.98 Å². The van der Waals surface area contributed by atoms with Crippen LogP contribution in [-0.4, -0.2) is 76.0 Å². The van der Waals surface area contributed by atoms with Gasteiger partial charge in [-0.1, -0.05) is 54.1 Å². The number of fused-ring (bicyclic) bond motifs is 1. The second-order valence-electron chi connectivity index (χ2n) is 14.8. The van der Waals surface area contributed by atoms with Crippen molar-refractivity contribution in [2.75, 3.05) is 32.6 Å². The van der Waals surface area contributed by atoms with Gasteiger partial charge in [-0.2, -0.15) is 18.2 Å². The molecule has 2 aromatic heterocycles. The van der Waals surface area contributed by atoms with Crippen LogP contribution >= 0.6 is 11.6 Å². The van der Waals surface area contributed by atoms with Gasteiger partial charge in [0.1, 0.15) is 5.82 Å². The van der Waals surface area contributed by atoms with Gasteiger partial charge >= 0.3 is 12.1 Å². The highest BCUT2D eigenvalue weighted by Crippen LogP contribution is 2.48. The summed E-state index contributed by atoms with van der Waals surface area (Å²) in [4.78, 5) is 22.1. The largest absolute Gasteiger partial charge is 0.481 e. The molecule has 2 unspecified atom stereocenters. The molecule has 2 saturated carbocycles. The highest BCUT2D eigenvalue weighted by Gasteiger charge is 2.42. The van der Waals surface area contributed by atoms with Crippen molar-refractivity contribution < 1.29 is 37.7 Å². The third-order valence-electron chi connectivity index (χ3n) is 11.0. The van der Waals surface area contributed by atoms with E-state index in [2.05, 4.69) is 15.6 Å². The van der Waals surface area contributed by atoms with E-state index in [9.17, 15) is 28.2 Å². The number of hydrogen-bond donors (Lipinski definition) is 4. The van der Waals surface area contributed by atoms with Crippen molar-refractivity contribution in [2.45, 2.75) is 69.6 Å². The zero-order valence-electron chi connectivity index (χ0n) is 29.7. The van der Waals surface area contributed by atoms with Gasteiger partial charge in [0.25, 0.3) is 0 Å². The Morgan fingerprint density at radius 1 is 1.06 bits per heavy atom. The average molecular weight is 754 g/mol. The third kappa shape index (κ3) is 7.62. The van der Waals surface area contributed by atoms with Gasteiger partial charge < -0.3 is 30.3 Å². The molecule has 14 heteroatoms. The molecule has 53 heavy (non-hydrogen) atoms. The van der Waals surface area contributed by atoms with Crippen molar-refractivity contribution in [1.82, 2.24) is 20.2 Å². The molecule has 0 radical (unpaired) electrons. The van der Waals surface area contributed by atoms with Crippen LogP contribution in [0.1, 0.15) is 54.9 Å². The Hall–Kier alpha value is -4.17. The SMILES string of the molecule is COc1nc(-c2cccc(C3=CC=CC4C3CC[C@@H]4Nc3nc(OC)c(CN4CC(C(=O)O)C4)cc3C(F)(F)F)c2Cl)ccc1CN[C@H]1C[C@](C)(O)C1. The summed E-state index contributed by atoms with van der Waals surface area (Å²) in [5.74, 6) is -1.33. The maximum absolute atomic E-state index is 14.5. The number of alkyl halides is 3. The van der Waals surface area contributed by atoms with E-state index >= 15 is 0 Å². The summed E-state index contributed by atoms with van der Waals surface area (Å²) in [5.41, 5.74) is 2.86. The molecule has 0 spiro atoms. The van der Waals surface area contributed by atoms with Gasteiger partial charge in [0.15, 0.2) is 0 Å². The van der Waals surface area contributed by atoms with Crippen LogP contribution < -0.4 is 20.1 Å². The number of rotatable bonds is 12. The van der Waals surface area contributed by atoms with Crippen LogP contribution in [0.15, 0.2) is 54.6 Å². The smallest absolute Gasteiger partial charge is 0.419 e. The van der Waals surface area contributed by atoms with Gasteiger partial charge in [0.2, 0.25) is 11.8 Å². The van der Waals surface area contributed by atoms with Crippen molar-refractivity contribution in [3.63, 3.8) is 0 Å². The summed E-state index contributed by atoms with van der Waals surface area (Å²) in [6.07, 6.45) is 4.02. The quantitative estimate of drug-likeness (QED) is 0.157. The van der Waals surface area contributed by atoms with E-state index in [4.69, 9.17) is 26.1 Å². The van der Waals surface area contributed by atoms with Crippen LogP contribution in [0.25, 0.3) is 16.8 Å². The van der Waals surface area contributed by atoms with E-state index in [1.807, 2.05) is 55.5 Å². The number of aliphatic hydroxyl groups is 1. The molecular formula is C39H43ClF3N5O5. The van der Waals surface area contributed by atoms with Crippen LogP contribution in [-0.2, 0) is 24.1 Å². The maximum atomic E-state index is 14.5. The Balaban J connectivity index is 1.09. The number of halogens is 4. The number of hydrogen-bond acceptors (Lipinski definition) is 9. The van der Waals surface area contributed by atoms with Gasteiger partial charge in [-0.05, 0) is 61.8 Å². The molecule has 282 valence electrons. The summed E-state index contributed by atoms with van der Waals surface area (Å²) in [6.45, 7) is 2.99. The lowest BCUT2D eigenvalue weighted by Gasteiger charge is -2.41. The van der Waals surface area contributed by atoms with Crippen LogP contribution in [0.3, 0.4) is 0 Å². The molecule has 3 fully saturated rings. The van der Waals surface area contributed by atoms with E-state index in [1.54, 1.807) is 12.0 Å². The highest BCUT2D eigenvalue weighted by atomic mass is 35.5. The Morgan fingerprint density at radius 2 is 1.77 bits per heavy atom. The minimum Gasteiger partial charge on any atom is -0.481 e. The topological polar surface area (TPSA) is 129 Å². The second-order valence-corrected chi connectivity index (χ2v) is 15.2. The Bertz CT molecular complexity index is 1940. The number of carboxylic acid groups (broad SMARTS) is 1. The minimum atomic E-state index is -4.68. The first kappa shape index (κ1) is 37.2. The number of likely N-dealkylation sites (tertiary alicyclic amines) is 1. The molecule has 1 aliphatic heterocycles. The lowest BCUT2D eigenvalue weighted by atomic mass is 9.77. The van der Waals surface area contributed by atoms with Gasteiger partial charge in [-0.15, -0.1) is 0 Å². The number of anilines is 1. The number of pyridine rings is 2. The molecule has 7 rings (SSSR count). The predicted molar refractivity (Wildman–Crippen MR) is 195 cm³/mol. The number of methoxy groups -OCH3 is 2. The normalized spacial score (nSPS) is 25.6. The van der Waals surface area contributed by atoms with E-state index in [1.165, 1.54) is 7.11 Å². The number of ether oxygens (including phenoxy) is 2. The first-order valence-corrected chi connectivity index (χ1v) is 18.2. The molecule has 0 bridgehead atoms. The number of carboxylic acids is 1. The first-order chi connectivity index (χ1) is 25.2. The lowest BCUT2D eigenvalue weighted by Crippen LogP contribution is -2.51. The van der Waals surface area contributed by atoms with Crippen molar-refractivity contribution in [3.8, 4) is 23.0 Å². The van der Waals surface area contributed by atoms with Crippen molar-refractivity contribution in [3.05, 3.63) is 81.9 Å². The zero-order chi connectivity index (χ0) is 37.7. The fourth-order valence-corrected chi connectivity index (χ4v) is 8.57. The lowest BCUT2D eigenvalue weighted by molar-refractivity contribution is -0.147. The molecule has 3 heterocycles. The molecule has 10 nitrogen and oxygen atoms in total. The number of nitrogens with one attached hydrogen (secondary N) is 2. The fraction of sp³-hybridized carbons (Fsp3) is 0.462. The summed E-state index contributed by atoms with van der Waals surface area (Å²) >= 11 is 7.14. The Labute approximate surface area is 311 Å². The van der Waals surface area contributed by atoms with Crippen LogP contribution in [0, 0.1) is 17.8 Å². The van der Waals surface area contributed by atoms with Crippen molar-refractivity contribution in [1.29, 1.82) is 0 Å². The molecule has 0 amide bonds. The maximum Gasteiger partial charge on any atom is 0.419 e. The van der Waals surface area contributed by atoms with Crippen LogP contribution in [0.4, 0.5) is 19.0 Å². The zero-order valence-corrected chi connectivity index (χ0v) is 30.5. The number of aromatic nitrogens is 2. The molecule has 3 aliphatic carbocycles. The molecule has 4 N–H and O–H groups in total. The van der Waals surface area contributed by atoms with Crippen molar-refractivity contribution >= 4 is 29.0 Å². The summed E-state index contributed by atoms with van der Waals surface area (Å²) in [5, 5.41) is 26.4. The monoisotopic (exact) mass is 753 g/mol. The standard InChI is InChI=1S/C39H43ClF3N5O5/c1-38(51)15-24(16-38)44-17-21-10-12-32(46-35(21)52-2)29-9-5-8-28(33(29)40)25-6-4-7-27-26(25)11-13-31(27)45-34-30(39(41,42)43)14-22(36(47-34)53-3)18-48-19-23(20-48)37(49)50/h4-10,12,14,23-24,26-27,31,44,51H,11,13,15-20H2,1-3H3,(H,45,47)(H,49,50)/t24-,26?,27?,31-,38-/m0/s1. The number of aliphatic carboxylic acids is 1. The van der Waals surface area contributed by atoms with Gasteiger partial charge in [-0.3, -0.25) is 9.69 Å². The molecule has 1 saturated heterocycles. The molecule has 3 atom stereocenters. The average Bonchev–Trinajstić information content (AvgIpc) is 3.50. The molecule has 3 aromatic rings.